The first-order valence-corrected chi connectivity index (χ1v) is 8.89. The zero-order chi connectivity index (χ0) is 21.0. The molecule has 0 fully saturated rings. The van der Waals surface area contributed by atoms with Crippen molar-refractivity contribution in [2.24, 2.45) is 0 Å². The van der Waals surface area contributed by atoms with Crippen molar-refractivity contribution < 1.29 is 28.5 Å². The Morgan fingerprint density at radius 3 is 2.31 bits per heavy atom. The van der Waals surface area contributed by atoms with Crippen LogP contribution in [0.5, 0.6) is 23.0 Å². The minimum Gasteiger partial charge on any atom is -0.453 e. The van der Waals surface area contributed by atoms with Crippen LogP contribution >= 0.6 is 11.6 Å². The van der Waals surface area contributed by atoms with Gasteiger partial charge in [-0.05, 0) is 37.3 Å². The Kier molecular flexibility index (Phi) is 6.04. The maximum absolute atomic E-state index is 12.2. The average Bonchev–Trinajstić information content (AvgIpc) is 2.71. The van der Waals surface area contributed by atoms with Crippen molar-refractivity contribution in [3.05, 3.63) is 71.8 Å². The second-order valence-electron chi connectivity index (χ2n) is 6.03. The molecule has 0 aliphatic rings. The zero-order valence-electron chi connectivity index (χ0n) is 15.7. The van der Waals surface area contributed by atoms with Gasteiger partial charge in [0.05, 0.1) is 7.11 Å². The van der Waals surface area contributed by atoms with E-state index in [0.717, 1.165) is 0 Å². The predicted molar refractivity (Wildman–Crippen MR) is 109 cm³/mol. The molecule has 0 saturated carbocycles. The van der Waals surface area contributed by atoms with Crippen LogP contribution in [0.15, 0.2) is 66.7 Å². The zero-order valence-corrected chi connectivity index (χ0v) is 16.5. The molecule has 3 aromatic rings. The Morgan fingerprint density at radius 2 is 1.66 bits per heavy atom. The van der Waals surface area contributed by atoms with Crippen molar-refractivity contribution in [1.29, 1.82) is 0 Å². The molecule has 0 unspecified atom stereocenters. The van der Waals surface area contributed by atoms with Crippen LogP contribution < -0.4 is 14.2 Å². The summed E-state index contributed by atoms with van der Waals surface area (Å²) in [6, 6.07) is 15.2. The minimum absolute atomic E-state index is 0.135. The first-order chi connectivity index (χ1) is 13.9. The van der Waals surface area contributed by atoms with Gasteiger partial charge in [-0.15, -0.1) is 0 Å². The molecule has 0 N–H and O–H groups in total. The summed E-state index contributed by atoms with van der Waals surface area (Å²) in [5, 5.41) is 1.30. The van der Waals surface area contributed by atoms with Crippen LogP contribution in [0, 0.1) is 0 Å². The van der Waals surface area contributed by atoms with E-state index >= 15 is 0 Å². The Bertz CT molecular complexity index is 1090. The third-order valence-electron chi connectivity index (χ3n) is 3.85. The third-order valence-corrected chi connectivity index (χ3v) is 4.09. The molecule has 0 aromatic heterocycles. The van der Waals surface area contributed by atoms with E-state index in [0.29, 0.717) is 21.5 Å². The molecule has 0 radical (unpaired) electrons. The van der Waals surface area contributed by atoms with Crippen molar-refractivity contribution in [1.82, 2.24) is 0 Å². The van der Waals surface area contributed by atoms with Crippen molar-refractivity contribution >= 4 is 34.5 Å². The summed E-state index contributed by atoms with van der Waals surface area (Å²) >= 11 is 6.11. The van der Waals surface area contributed by atoms with Crippen molar-refractivity contribution in [2.45, 2.75) is 6.92 Å². The fourth-order valence-corrected chi connectivity index (χ4v) is 2.68. The summed E-state index contributed by atoms with van der Waals surface area (Å²) in [5.74, 6) is 0.318. The van der Waals surface area contributed by atoms with Crippen LogP contribution in [0.2, 0.25) is 5.02 Å². The molecular weight excluding hydrogens is 396 g/mol. The SMILES string of the molecule is C=C(C)C(=O)Oc1c(Oc2ccccc2)cc(OC(=O)OC)c2cc(Cl)ccc12. The van der Waals surface area contributed by atoms with Crippen molar-refractivity contribution in [3.8, 4) is 23.0 Å². The highest BCUT2D eigenvalue weighted by molar-refractivity contribution is 6.31. The molecular formula is C22H17ClO6. The smallest absolute Gasteiger partial charge is 0.453 e. The topological polar surface area (TPSA) is 71.1 Å². The molecule has 6 nitrogen and oxygen atoms in total. The number of halogens is 1. The lowest BCUT2D eigenvalue weighted by molar-refractivity contribution is -0.130. The van der Waals surface area contributed by atoms with Gasteiger partial charge in [0.25, 0.3) is 0 Å². The van der Waals surface area contributed by atoms with Crippen LogP contribution in [0.1, 0.15) is 6.92 Å². The molecule has 29 heavy (non-hydrogen) atoms. The Labute approximate surface area is 172 Å². The standard InChI is InChI=1S/C22H17ClO6/c1-13(2)21(24)29-20-16-10-9-14(23)11-17(16)18(28-22(25)26-3)12-19(20)27-15-7-5-4-6-8-15/h4-12H,1H2,2-3H3. The molecule has 3 aromatic carbocycles. The van der Waals surface area contributed by atoms with Gasteiger partial charge in [0.1, 0.15) is 11.5 Å². The summed E-state index contributed by atoms with van der Waals surface area (Å²) in [6.07, 6.45) is -0.913. The van der Waals surface area contributed by atoms with Crippen LogP contribution in [-0.2, 0) is 9.53 Å². The van der Waals surface area contributed by atoms with Gasteiger partial charge in [-0.3, -0.25) is 0 Å². The number of hydrogen-bond donors (Lipinski definition) is 0. The number of hydrogen-bond acceptors (Lipinski definition) is 6. The molecule has 3 rings (SSSR count). The van der Waals surface area contributed by atoms with Gasteiger partial charge >= 0.3 is 12.1 Å². The van der Waals surface area contributed by atoms with E-state index in [1.807, 2.05) is 6.07 Å². The lowest BCUT2D eigenvalue weighted by Crippen LogP contribution is -2.11. The minimum atomic E-state index is -0.913. The van der Waals surface area contributed by atoms with Gasteiger partial charge in [-0.25, -0.2) is 9.59 Å². The Morgan fingerprint density at radius 1 is 0.931 bits per heavy atom. The van der Waals surface area contributed by atoms with Crippen LogP contribution in [0.4, 0.5) is 4.79 Å². The number of esters is 1. The monoisotopic (exact) mass is 412 g/mol. The first kappa shape index (κ1) is 20.2. The summed E-state index contributed by atoms with van der Waals surface area (Å²) in [4.78, 5) is 23.9. The average molecular weight is 413 g/mol. The highest BCUT2D eigenvalue weighted by atomic mass is 35.5. The van der Waals surface area contributed by atoms with Crippen molar-refractivity contribution in [2.75, 3.05) is 7.11 Å². The summed E-state index contributed by atoms with van der Waals surface area (Å²) in [5.41, 5.74) is 0.215. The molecule has 0 spiro atoms. The summed E-state index contributed by atoms with van der Waals surface area (Å²) < 4.78 is 21.3. The Hall–Kier alpha value is -3.51. The summed E-state index contributed by atoms with van der Waals surface area (Å²) in [7, 11) is 1.20. The van der Waals surface area contributed by atoms with Gasteiger partial charge in [0.2, 0.25) is 0 Å². The van der Waals surface area contributed by atoms with Gasteiger partial charge in [0, 0.05) is 27.4 Å². The number of para-hydroxylation sites is 1. The first-order valence-electron chi connectivity index (χ1n) is 8.51. The van der Waals surface area contributed by atoms with E-state index in [2.05, 4.69) is 11.3 Å². The van der Waals surface area contributed by atoms with E-state index in [1.54, 1.807) is 42.5 Å². The third kappa shape index (κ3) is 4.67. The lowest BCUT2D eigenvalue weighted by Gasteiger charge is -2.17. The van der Waals surface area contributed by atoms with Crippen LogP contribution in [-0.4, -0.2) is 19.2 Å². The number of methoxy groups -OCH3 is 1. The largest absolute Gasteiger partial charge is 0.513 e. The Balaban J connectivity index is 2.23. The van der Waals surface area contributed by atoms with Crippen molar-refractivity contribution in [3.63, 3.8) is 0 Å². The number of carbonyl (C=O) groups excluding carboxylic acids is 2. The number of ether oxygens (including phenoxy) is 4. The highest BCUT2D eigenvalue weighted by Crippen LogP contribution is 2.44. The van der Waals surface area contributed by atoms with Gasteiger partial charge in [0.15, 0.2) is 11.5 Å². The maximum Gasteiger partial charge on any atom is 0.513 e. The van der Waals surface area contributed by atoms with E-state index in [4.69, 9.17) is 25.8 Å². The molecule has 0 amide bonds. The fourth-order valence-electron chi connectivity index (χ4n) is 2.51. The predicted octanol–water partition coefficient (Wildman–Crippen LogP) is 5.91. The molecule has 0 heterocycles. The molecule has 148 valence electrons. The molecule has 0 bridgehead atoms. The number of carbonyl (C=O) groups is 2. The van der Waals surface area contributed by atoms with Crippen LogP contribution in [0.25, 0.3) is 10.8 Å². The number of benzene rings is 3. The molecule has 0 saturated heterocycles. The van der Waals surface area contributed by atoms with Gasteiger partial charge in [-0.2, -0.15) is 0 Å². The van der Waals surface area contributed by atoms with Crippen LogP contribution in [0.3, 0.4) is 0 Å². The van der Waals surface area contributed by atoms with E-state index in [1.165, 1.54) is 20.1 Å². The maximum atomic E-state index is 12.2. The second kappa shape index (κ2) is 8.67. The normalized spacial score (nSPS) is 10.3. The second-order valence-corrected chi connectivity index (χ2v) is 6.47. The molecule has 0 atom stereocenters. The van der Waals surface area contributed by atoms with Gasteiger partial charge < -0.3 is 18.9 Å². The van der Waals surface area contributed by atoms with E-state index in [9.17, 15) is 9.59 Å². The van der Waals surface area contributed by atoms with E-state index < -0.39 is 12.1 Å². The quantitative estimate of drug-likeness (QED) is 0.224. The number of fused-ring (bicyclic) bond motifs is 1. The highest BCUT2D eigenvalue weighted by Gasteiger charge is 2.21. The number of rotatable bonds is 5. The molecule has 0 aliphatic heterocycles. The molecule has 7 heteroatoms. The molecule has 0 aliphatic carbocycles. The fraction of sp³-hybridized carbons (Fsp3) is 0.0909. The summed E-state index contributed by atoms with van der Waals surface area (Å²) in [6.45, 7) is 5.14. The van der Waals surface area contributed by atoms with E-state index in [-0.39, 0.29) is 22.8 Å². The lowest BCUT2D eigenvalue weighted by atomic mass is 10.1. The van der Waals surface area contributed by atoms with Gasteiger partial charge in [-0.1, -0.05) is 36.4 Å².